The Morgan fingerprint density at radius 1 is 1.35 bits per heavy atom. The van der Waals surface area contributed by atoms with E-state index in [4.69, 9.17) is 11.6 Å². The van der Waals surface area contributed by atoms with Gasteiger partial charge in [0, 0.05) is 12.8 Å². The summed E-state index contributed by atoms with van der Waals surface area (Å²) in [6.07, 6.45) is 0.846. The van der Waals surface area contributed by atoms with Gasteiger partial charge in [-0.2, -0.15) is 0 Å². The maximum Gasteiger partial charge on any atom is 0.229 e. The SMILES string of the molecule is CC1CC(=O)N(Cc2cccc(Cl)n2)C(=O)C1. The summed E-state index contributed by atoms with van der Waals surface area (Å²) in [7, 11) is 0. The molecule has 0 bridgehead atoms. The molecule has 0 saturated carbocycles. The Hall–Kier alpha value is -1.42. The van der Waals surface area contributed by atoms with Gasteiger partial charge in [0.15, 0.2) is 0 Å². The first-order chi connectivity index (χ1) is 8.06. The number of hydrogen-bond donors (Lipinski definition) is 0. The number of hydrogen-bond acceptors (Lipinski definition) is 3. The molecule has 1 aromatic heterocycles. The molecule has 1 aromatic rings. The smallest absolute Gasteiger partial charge is 0.229 e. The fourth-order valence-electron chi connectivity index (χ4n) is 1.90. The van der Waals surface area contributed by atoms with Gasteiger partial charge >= 0.3 is 0 Å². The second-order valence-corrected chi connectivity index (χ2v) is 4.73. The maximum absolute atomic E-state index is 11.7. The number of piperidine rings is 1. The Kier molecular flexibility index (Phi) is 3.43. The van der Waals surface area contributed by atoms with Gasteiger partial charge in [-0.1, -0.05) is 24.6 Å². The lowest BCUT2D eigenvalue weighted by molar-refractivity contribution is -0.150. The first-order valence-electron chi connectivity index (χ1n) is 5.51. The van der Waals surface area contributed by atoms with E-state index in [9.17, 15) is 9.59 Å². The summed E-state index contributed by atoms with van der Waals surface area (Å²) < 4.78 is 0. The van der Waals surface area contributed by atoms with E-state index < -0.39 is 0 Å². The number of pyridine rings is 1. The molecule has 2 heterocycles. The van der Waals surface area contributed by atoms with Crippen LogP contribution in [0.2, 0.25) is 5.15 Å². The molecule has 1 saturated heterocycles. The maximum atomic E-state index is 11.7. The minimum atomic E-state index is -0.129. The van der Waals surface area contributed by atoms with Gasteiger partial charge in [-0.3, -0.25) is 14.5 Å². The highest BCUT2D eigenvalue weighted by Gasteiger charge is 2.30. The van der Waals surface area contributed by atoms with E-state index in [2.05, 4.69) is 4.98 Å². The Labute approximate surface area is 105 Å². The van der Waals surface area contributed by atoms with Gasteiger partial charge in [0.1, 0.15) is 5.15 Å². The number of carbonyl (C=O) groups is 2. The molecular weight excluding hydrogens is 240 g/mol. The zero-order valence-corrected chi connectivity index (χ0v) is 10.3. The van der Waals surface area contributed by atoms with Crippen LogP contribution in [0.3, 0.4) is 0 Å². The van der Waals surface area contributed by atoms with Crippen molar-refractivity contribution in [3.05, 3.63) is 29.0 Å². The number of carbonyl (C=O) groups excluding carboxylic acids is 2. The molecule has 4 nitrogen and oxygen atoms in total. The Morgan fingerprint density at radius 2 is 2.00 bits per heavy atom. The van der Waals surface area contributed by atoms with Crippen molar-refractivity contribution in [2.75, 3.05) is 0 Å². The summed E-state index contributed by atoms with van der Waals surface area (Å²) in [6.45, 7) is 2.12. The molecule has 0 spiro atoms. The Balaban J connectivity index is 2.13. The molecule has 5 heteroatoms. The zero-order chi connectivity index (χ0) is 12.4. The van der Waals surface area contributed by atoms with Crippen LogP contribution >= 0.6 is 11.6 Å². The average molecular weight is 253 g/mol. The van der Waals surface area contributed by atoms with Crippen molar-refractivity contribution in [3.63, 3.8) is 0 Å². The lowest BCUT2D eigenvalue weighted by Crippen LogP contribution is -2.42. The van der Waals surface area contributed by atoms with Crippen LogP contribution in [0.4, 0.5) is 0 Å². The van der Waals surface area contributed by atoms with Crippen molar-refractivity contribution in [1.82, 2.24) is 9.88 Å². The normalized spacial score (nSPS) is 17.6. The van der Waals surface area contributed by atoms with E-state index in [0.29, 0.717) is 23.7 Å². The van der Waals surface area contributed by atoms with Gasteiger partial charge in [0.2, 0.25) is 11.8 Å². The van der Waals surface area contributed by atoms with Crippen LogP contribution in [0.15, 0.2) is 18.2 Å². The van der Waals surface area contributed by atoms with E-state index in [-0.39, 0.29) is 24.3 Å². The van der Waals surface area contributed by atoms with E-state index in [1.165, 1.54) is 4.90 Å². The third-order valence-corrected chi connectivity index (χ3v) is 2.95. The summed E-state index contributed by atoms with van der Waals surface area (Å²) in [5, 5.41) is 0.368. The number of amides is 2. The highest BCUT2D eigenvalue weighted by atomic mass is 35.5. The molecular formula is C12H13ClN2O2. The second kappa shape index (κ2) is 4.84. The molecule has 0 unspecified atom stereocenters. The summed E-state index contributed by atoms with van der Waals surface area (Å²) in [6, 6.07) is 5.17. The molecule has 0 radical (unpaired) electrons. The topological polar surface area (TPSA) is 50.3 Å². The van der Waals surface area contributed by atoms with Crippen molar-refractivity contribution in [2.24, 2.45) is 5.92 Å². The first-order valence-corrected chi connectivity index (χ1v) is 5.88. The monoisotopic (exact) mass is 252 g/mol. The van der Waals surface area contributed by atoms with E-state index >= 15 is 0 Å². The first kappa shape index (κ1) is 12.0. The quantitative estimate of drug-likeness (QED) is 0.598. The molecule has 0 atom stereocenters. The molecule has 1 fully saturated rings. The molecule has 0 aliphatic carbocycles. The molecule has 1 aliphatic heterocycles. The van der Waals surface area contributed by atoms with Gasteiger partial charge in [-0.25, -0.2) is 4.98 Å². The summed E-state index contributed by atoms with van der Waals surface area (Å²) >= 11 is 5.76. The van der Waals surface area contributed by atoms with Crippen molar-refractivity contribution >= 4 is 23.4 Å². The molecule has 0 N–H and O–H groups in total. The van der Waals surface area contributed by atoms with Crippen molar-refractivity contribution in [2.45, 2.75) is 26.3 Å². The van der Waals surface area contributed by atoms with Crippen LogP contribution in [0, 0.1) is 5.92 Å². The van der Waals surface area contributed by atoms with Gasteiger partial charge in [0.05, 0.1) is 12.2 Å². The molecule has 2 amide bonds. The molecule has 1 aliphatic rings. The van der Waals surface area contributed by atoms with Crippen LogP contribution in [0.1, 0.15) is 25.5 Å². The second-order valence-electron chi connectivity index (χ2n) is 4.34. The van der Waals surface area contributed by atoms with E-state index in [0.717, 1.165) is 0 Å². The molecule has 90 valence electrons. The standard InChI is InChI=1S/C12H13ClN2O2/c1-8-5-11(16)15(12(17)6-8)7-9-3-2-4-10(13)14-9/h2-4,8H,5-7H2,1H3. The fraction of sp³-hybridized carbons (Fsp3) is 0.417. The summed E-state index contributed by atoms with van der Waals surface area (Å²) in [4.78, 5) is 28.8. The highest BCUT2D eigenvalue weighted by Crippen LogP contribution is 2.20. The number of imide groups is 1. The predicted molar refractivity (Wildman–Crippen MR) is 63.2 cm³/mol. The zero-order valence-electron chi connectivity index (χ0n) is 9.52. The minimum absolute atomic E-state index is 0.129. The van der Waals surface area contributed by atoms with Crippen molar-refractivity contribution in [1.29, 1.82) is 0 Å². The van der Waals surface area contributed by atoms with Crippen LogP contribution < -0.4 is 0 Å². The van der Waals surface area contributed by atoms with E-state index in [1.807, 2.05) is 6.92 Å². The van der Waals surface area contributed by atoms with Crippen LogP contribution in [0.5, 0.6) is 0 Å². The Bertz CT molecular complexity index is 444. The summed E-state index contributed by atoms with van der Waals surface area (Å²) in [5.41, 5.74) is 0.633. The van der Waals surface area contributed by atoms with Gasteiger partial charge in [-0.05, 0) is 18.1 Å². The number of nitrogens with zero attached hydrogens (tertiary/aromatic N) is 2. The number of likely N-dealkylation sites (tertiary alicyclic amines) is 1. The van der Waals surface area contributed by atoms with Crippen LogP contribution in [0.25, 0.3) is 0 Å². The van der Waals surface area contributed by atoms with Crippen LogP contribution in [-0.2, 0) is 16.1 Å². The molecule has 2 rings (SSSR count). The Morgan fingerprint density at radius 3 is 2.59 bits per heavy atom. The highest BCUT2D eigenvalue weighted by molar-refractivity contribution is 6.29. The predicted octanol–water partition coefficient (Wildman–Crippen LogP) is 2.02. The largest absolute Gasteiger partial charge is 0.277 e. The summed E-state index contributed by atoms with van der Waals surface area (Å²) in [5.74, 6) is -0.121. The van der Waals surface area contributed by atoms with Crippen molar-refractivity contribution < 1.29 is 9.59 Å². The molecule has 0 aromatic carbocycles. The lowest BCUT2D eigenvalue weighted by Gasteiger charge is -2.27. The molecule has 17 heavy (non-hydrogen) atoms. The van der Waals surface area contributed by atoms with Gasteiger partial charge < -0.3 is 0 Å². The lowest BCUT2D eigenvalue weighted by atomic mass is 9.98. The van der Waals surface area contributed by atoms with Crippen molar-refractivity contribution in [3.8, 4) is 0 Å². The number of halogens is 1. The minimum Gasteiger partial charge on any atom is -0.277 e. The third kappa shape index (κ3) is 2.82. The number of aromatic nitrogens is 1. The van der Waals surface area contributed by atoms with Gasteiger partial charge in [0.25, 0.3) is 0 Å². The van der Waals surface area contributed by atoms with Crippen LogP contribution in [-0.4, -0.2) is 21.7 Å². The fourth-order valence-corrected chi connectivity index (χ4v) is 2.09. The van der Waals surface area contributed by atoms with Gasteiger partial charge in [-0.15, -0.1) is 0 Å². The average Bonchev–Trinajstić information content (AvgIpc) is 2.23. The van der Waals surface area contributed by atoms with E-state index in [1.54, 1.807) is 18.2 Å². The third-order valence-electron chi connectivity index (χ3n) is 2.74. The number of rotatable bonds is 2.